The normalized spacial score (nSPS) is 19.6. The molecule has 16 heteroatoms. The van der Waals surface area contributed by atoms with Gasteiger partial charge < -0.3 is 25.3 Å². The van der Waals surface area contributed by atoms with Gasteiger partial charge in [-0.3, -0.25) is 43.3 Å². The van der Waals surface area contributed by atoms with Crippen LogP contribution in [0.5, 0.6) is 0 Å². The lowest BCUT2D eigenvalue weighted by atomic mass is 9.88. The second-order valence-corrected chi connectivity index (χ2v) is 17.7. The molecule has 0 aliphatic carbocycles. The number of carbonyl (C=O) groups is 5. The van der Waals surface area contributed by atoms with E-state index in [9.17, 15) is 28.8 Å². The topological polar surface area (TPSA) is 161 Å². The van der Waals surface area contributed by atoms with Crippen LogP contribution in [0.4, 0.5) is 27.1 Å². The summed E-state index contributed by atoms with van der Waals surface area (Å²) in [4.78, 5) is 85.8. The van der Waals surface area contributed by atoms with Crippen LogP contribution < -0.4 is 36.3 Å². The Balaban J connectivity index is 0.946. The number of hydrogen-bond donors (Lipinski definition) is 3. The molecule has 5 aromatic rings. The number of piperazine rings is 1. The van der Waals surface area contributed by atoms with Crippen molar-refractivity contribution in [2.45, 2.75) is 63.5 Å². The lowest BCUT2D eigenvalue weighted by Crippen LogP contribution is -2.46. The molecule has 15 nitrogen and oxygen atoms in total. The molecular weight excluding hydrogens is 854 g/mol. The van der Waals surface area contributed by atoms with Crippen molar-refractivity contribution in [3.8, 4) is 23.0 Å². The van der Waals surface area contributed by atoms with Crippen molar-refractivity contribution in [2.75, 3.05) is 73.4 Å². The SMILES string of the molecule is CCC1C(C(=O)Nc2cccc(C(=O)NC)c2)c2c(ccc(-c3ccc(N4CCCC4=O)cc3C#CCCN3CCN(c4cccc5c4n(C)c(=O)n5C4CCC(=O)NC4=O)CC3)c2F)N1C. The van der Waals surface area contributed by atoms with Crippen molar-refractivity contribution >= 4 is 63.3 Å². The number of halogens is 1. The number of anilines is 4. The van der Waals surface area contributed by atoms with Gasteiger partial charge >= 0.3 is 5.69 Å². The molecule has 4 aliphatic rings. The van der Waals surface area contributed by atoms with Gasteiger partial charge in [-0.05, 0) is 73.9 Å². The third kappa shape index (κ3) is 8.33. The number of aryl methyl sites for hydroxylation is 1. The van der Waals surface area contributed by atoms with Crippen LogP contribution >= 0.6 is 0 Å². The highest BCUT2D eigenvalue weighted by Gasteiger charge is 2.43. The molecule has 5 amide bonds. The van der Waals surface area contributed by atoms with E-state index in [1.54, 1.807) is 46.8 Å². The number of benzene rings is 4. The summed E-state index contributed by atoms with van der Waals surface area (Å²) in [6.07, 6.45) is 2.77. The third-order valence-electron chi connectivity index (χ3n) is 13.8. The van der Waals surface area contributed by atoms with Crippen LogP contribution in [0.2, 0.25) is 0 Å². The predicted octanol–water partition coefficient (Wildman–Crippen LogP) is 5.12. The zero-order valence-electron chi connectivity index (χ0n) is 38.2. The molecule has 0 bridgehead atoms. The molecule has 0 spiro atoms. The largest absolute Gasteiger partial charge is 0.370 e. The molecule has 5 heterocycles. The van der Waals surface area contributed by atoms with Crippen molar-refractivity contribution in [3.05, 3.63) is 106 Å². The number of imide groups is 1. The van der Waals surface area contributed by atoms with Gasteiger partial charge in [0.05, 0.1) is 22.6 Å². The molecule has 3 N–H and O–H groups in total. The number of fused-ring (bicyclic) bond motifs is 2. The summed E-state index contributed by atoms with van der Waals surface area (Å²) < 4.78 is 20.4. The Kier molecular flexibility index (Phi) is 12.4. The van der Waals surface area contributed by atoms with Crippen molar-refractivity contribution in [1.82, 2.24) is 24.7 Å². The first kappa shape index (κ1) is 44.9. The monoisotopic (exact) mass is 907 g/mol. The Bertz CT molecular complexity index is 2960. The average Bonchev–Trinajstić information content (AvgIpc) is 3.98. The molecular formula is C51H54FN9O6. The molecule has 4 aliphatic heterocycles. The summed E-state index contributed by atoms with van der Waals surface area (Å²) in [5.41, 5.74) is 5.90. The Morgan fingerprint density at radius 3 is 2.39 bits per heavy atom. The first-order valence-electron chi connectivity index (χ1n) is 23.0. The standard InChI is InChI=1S/C51H54FN9O6/c1-5-37-45(50(66)54-33-13-8-12-32(29-33)48(64)53-2)44-38(56(37)3)20-19-36(46(44)52)35-18-17-34(60-24-10-16-43(60)63)30-31(35)11-6-7-23-58-25-27-59(28-26-58)39-14-9-15-40-47(39)57(4)51(67)61(40)41-21-22-42(62)55-49(41)65/h8-9,12-15,17-20,29-30,37,41,45H,5,7,10,16,21-28H2,1-4H3,(H,53,64)(H,54,66)(H,55,62,65). The van der Waals surface area contributed by atoms with Crippen LogP contribution in [-0.4, -0.2) is 103 Å². The Hall–Kier alpha value is -7.25. The summed E-state index contributed by atoms with van der Waals surface area (Å²) in [5.74, 6) is 3.91. The molecule has 1 aromatic heterocycles. The van der Waals surface area contributed by atoms with Gasteiger partial charge in [-0.1, -0.05) is 37.0 Å². The van der Waals surface area contributed by atoms with E-state index in [4.69, 9.17) is 0 Å². The fourth-order valence-electron chi connectivity index (χ4n) is 10.4. The van der Waals surface area contributed by atoms with E-state index in [-0.39, 0.29) is 48.2 Å². The van der Waals surface area contributed by atoms with Crippen LogP contribution in [0.25, 0.3) is 22.2 Å². The predicted molar refractivity (Wildman–Crippen MR) is 256 cm³/mol. The zero-order valence-corrected chi connectivity index (χ0v) is 38.2. The van der Waals surface area contributed by atoms with E-state index in [1.165, 1.54) is 11.6 Å². The molecule has 0 saturated carbocycles. The fourth-order valence-corrected chi connectivity index (χ4v) is 10.4. The molecule has 3 atom stereocenters. The lowest BCUT2D eigenvalue weighted by molar-refractivity contribution is -0.135. The summed E-state index contributed by atoms with van der Waals surface area (Å²) >= 11 is 0. The summed E-state index contributed by atoms with van der Waals surface area (Å²) in [7, 11) is 5.12. The maximum atomic E-state index is 17.4. The number of rotatable bonds is 10. The van der Waals surface area contributed by atoms with E-state index in [2.05, 4.69) is 37.6 Å². The van der Waals surface area contributed by atoms with E-state index >= 15 is 4.39 Å². The maximum absolute atomic E-state index is 17.4. The second kappa shape index (κ2) is 18.6. The first-order valence-corrected chi connectivity index (χ1v) is 23.0. The number of likely N-dealkylation sites (N-methyl/N-ethyl adjacent to an activating group) is 1. The number of nitrogens with zero attached hydrogens (tertiary/aromatic N) is 6. The van der Waals surface area contributed by atoms with Gasteiger partial charge in [-0.15, -0.1) is 0 Å². The van der Waals surface area contributed by atoms with Gasteiger partial charge in [-0.2, -0.15) is 0 Å². The number of imidazole rings is 1. The van der Waals surface area contributed by atoms with Crippen LogP contribution in [-0.2, 0) is 26.2 Å². The Morgan fingerprint density at radius 2 is 1.66 bits per heavy atom. The average molecular weight is 908 g/mol. The van der Waals surface area contributed by atoms with E-state index in [0.717, 1.165) is 30.7 Å². The zero-order chi connectivity index (χ0) is 47.1. The first-order chi connectivity index (χ1) is 32.4. The van der Waals surface area contributed by atoms with Crippen molar-refractivity contribution in [3.63, 3.8) is 0 Å². The van der Waals surface area contributed by atoms with E-state index < -0.39 is 23.7 Å². The highest BCUT2D eigenvalue weighted by atomic mass is 19.1. The highest BCUT2D eigenvalue weighted by Crippen LogP contribution is 2.46. The molecule has 4 aromatic carbocycles. The smallest absolute Gasteiger partial charge is 0.329 e. The second-order valence-electron chi connectivity index (χ2n) is 17.7. The Morgan fingerprint density at radius 1 is 0.881 bits per heavy atom. The van der Waals surface area contributed by atoms with E-state index in [1.807, 2.05) is 61.3 Å². The molecule has 3 fully saturated rings. The molecule has 3 unspecified atom stereocenters. The van der Waals surface area contributed by atoms with Crippen LogP contribution in [0.1, 0.15) is 78.9 Å². The van der Waals surface area contributed by atoms with Crippen LogP contribution in [0, 0.1) is 17.7 Å². The number of nitrogens with one attached hydrogen (secondary N) is 3. The van der Waals surface area contributed by atoms with Crippen LogP contribution in [0.3, 0.4) is 0 Å². The minimum absolute atomic E-state index is 0.0308. The van der Waals surface area contributed by atoms with Gasteiger partial charge in [0.1, 0.15) is 11.9 Å². The number of carbonyl (C=O) groups excluding carboxylic acids is 5. The fraction of sp³-hybridized carbons (Fsp3) is 0.373. The number of aromatic nitrogens is 2. The van der Waals surface area contributed by atoms with Crippen LogP contribution in [0.15, 0.2) is 77.6 Å². The minimum Gasteiger partial charge on any atom is -0.370 e. The lowest BCUT2D eigenvalue weighted by Gasteiger charge is -2.36. The molecule has 3 saturated heterocycles. The highest BCUT2D eigenvalue weighted by molar-refractivity contribution is 6.02. The van der Waals surface area contributed by atoms with E-state index in [0.29, 0.717) is 95.8 Å². The third-order valence-corrected chi connectivity index (χ3v) is 13.8. The van der Waals surface area contributed by atoms with Gasteiger partial charge in [0.2, 0.25) is 23.6 Å². The number of hydrogen-bond acceptors (Lipinski definition) is 9. The van der Waals surface area contributed by atoms with Crippen molar-refractivity contribution < 1.29 is 28.4 Å². The van der Waals surface area contributed by atoms with Gasteiger partial charge in [0.25, 0.3) is 5.91 Å². The summed E-state index contributed by atoms with van der Waals surface area (Å²) in [6.45, 7) is 6.16. The molecule has 9 rings (SSSR count). The molecule has 0 radical (unpaired) electrons. The molecule has 346 valence electrons. The Labute approximate surface area is 387 Å². The van der Waals surface area contributed by atoms with Crippen molar-refractivity contribution in [2.24, 2.45) is 7.05 Å². The number of piperidine rings is 1. The van der Waals surface area contributed by atoms with Gasteiger partial charge in [0, 0.05) is 131 Å². The molecule has 67 heavy (non-hydrogen) atoms. The minimum atomic E-state index is -0.844. The number of amides is 5. The van der Waals surface area contributed by atoms with Crippen molar-refractivity contribution in [1.29, 1.82) is 0 Å². The summed E-state index contributed by atoms with van der Waals surface area (Å²) in [6, 6.07) is 20.4. The maximum Gasteiger partial charge on any atom is 0.329 e. The summed E-state index contributed by atoms with van der Waals surface area (Å²) in [5, 5.41) is 7.93. The number of para-hydroxylation sites is 1. The van der Waals surface area contributed by atoms with Gasteiger partial charge in [0.15, 0.2) is 0 Å². The van der Waals surface area contributed by atoms with Gasteiger partial charge in [-0.25, -0.2) is 9.18 Å². The quantitative estimate of drug-likeness (QED) is 0.128.